The van der Waals surface area contributed by atoms with Gasteiger partial charge in [-0.3, -0.25) is 9.88 Å². The van der Waals surface area contributed by atoms with Crippen molar-refractivity contribution in [2.45, 2.75) is 57.8 Å². The molecule has 1 N–H and O–H groups in total. The highest BCUT2D eigenvalue weighted by molar-refractivity contribution is 5.85. The van der Waals surface area contributed by atoms with Crippen molar-refractivity contribution in [1.29, 1.82) is 5.26 Å². The highest BCUT2D eigenvalue weighted by Crippen LogP contribution is 2.37. The molecule has 3 aliphatic heterocycles. The molecule has 0 saturated carbocycles. The molecule has 4 aromatic rings. The first-order valence-corrected chi connectivity index (χ1v) is 13.6. The van der Waals surface area contributed by atoms with E-state index in [-0.39, 0.29) is 12.2 Å². The number of ether oxygens (including phenoxy) is 1. The van der Waals surface area contributed by atoms with Crippen LogP contribution in [0.15, 0.2) is 48.9 Å². The summed E-state index contributed by atoms with van der Waals surface area (Å²) in [6.07, 6.45) is 7.39. The van der Waals surface area contributed by atoms with Crippen LogP contribution in [0.4, 0.5) is 10.2 Å². The maximum atomic E-state index is 14.5. The molecule has 2 unspecified atom stereocenters. The first kappa shape index (κ1) is 26.2. The standard InChI is InChI=1S/C30H32FN7O2/c1-4-21-7-5-19(12-33-21)14-37-22-9-23(37)16-36(15-22)27-8-6-20(13-34-27)25-10-24(40-18-30(2,3)39)17-38-28(25)26(11-32)29(31)35-38/h5-8,10,12-13,17,22-23,39H,4,9,14-16,18H2,1-3H3. The summed E-state index contributed by atoms with van der Waals surface area (Å²) in [5, 5.41) is 23.6. The Bertz CT molecular complexity index is 1560. The van der Waals surface area contributed by atoms with Gasteiger partial charge in [0.1, 0.15) is 29.8 Å². The van der Waals surface area contributed by atoms with Crippen LogP contribution < -0.4 is 9.64 Å². The molecular formula is C30H32FN7O2. The zero-order chi connectivity index (χ0) is 28.0. The van der Waals surface area contributed by atoms with Crippen LogP contribution in [-0.2, 0) is 13.0 Å². The summed E-state index contributed by atoms with van der Waals surface area (Å²) in [5.41, 5.74) is 2.82. The largest absolute Gasteiger partial charge is 0.489 e. The first-order chi connectivity index (χ1) is 19.2. The lowest BCUT2D eigenvalue weighted by Crippen LogP contribution is -2.68. The maximum Gasteiger partial charge on any atom is 0.251 e. The van der Waals surface area contributed by atoms with Crippen LogP contribution >= 0.6 is 0 Å². The Balaban J connectivity index is 1.21. The lowest BCUT2D eigenvalue weighted by molar-refractivity contribution is -0.00875. The second-order valence-electron chi connectivity index (χ2n) is 11.3. The molecule has 7 rings (SSSR count). The summed E-state index contributed by atoms with van der Waals surface area (Å²) in [5.74, 6) is 0.441. The number of halogens is 1. The number of hydrogen-bond acceptors (Lipinski definition) is 8. The highest BCUT2D eigenvalue weighted by atomic mass is 19.1. The molecule has 0 aliphatic carbocycles. The van der Waals surface area contributed by atoms with Gasteiger partial charge >= 0.3 is 0 Å². The van der Waals surface area contributed by atoms with Crippen molar-refractivity contribution >= 4 is 11.3 Å². The number of nitrogens with zero attached hydrogens (tertiary/aromatic N) is 7. The van der Waals surface area contributed by atoms with E-state index >= 15 is 0 Å². The van der Waals surface area contributed by atoms with Gasteiger partial charge in [0.05, 0.1) is 17.3 Å². The zero-order valence-electron chi connectivity index (χ0n) is 22.9. The normalized spacial score (nSPS) is 18.9. The fourth-order valence-corrected chi connectivity index (χ4v) is 5.62. The van der Waals surface area contributed by atoms with E-state index in [2.05, 4.69) is 38.9 Å². The van der Waals surface area contributed by atoms with Crippen LogP contribution in [0.3, 0.4) is 0 Å². The van der Waals surface area contributed by atoms with Crippen LogP contribution in [0.25, 0.3) is 16.6 Å². The monoisotopic (exact) mass is 541 g/mol. The molecule has 206 valence electrons. The van der Waals surface area contributed by atoms with Crippen molar-refractivity contribution in [2.75, 3.05) is 24.6 Å². The average Bonchev–Trinajstić information content (AvgIpc) is 3.29. The smallest absolute Gasteiger partial charge is 0.251 e. The fraction of sp³-hybridized carbons (Fsp3) is 0.400. The lowest BCUT2D eigenvalue weighted by atomic mass is 9.87. The molecule has 3 aliphatic rings. The Morgan fingerprint density at radius 1 is 1.15 bits per heavy atom. The maximum absolute atomic E-state index is 14.5. The quantitative estimate of drug-likeness (QED) is 0.358. The molecule has 40 heavy (non-hydrogen) atoms. The number of anilines is 1. The molecule has 0 aromatic carbocycles. The van der Waals surface area contributed by atoms with Gasteiger partial charge < -0.3 is 14.7 Å². The number of pyridine rings is 3. The number of nitriles is 1. The van der Waals surface area contributed by atoms with Crippen molar-refractivity contribution in [3.8, 4) is 22.9 Å². The zero-order valence-corrected chi connectivity index (χ0v) is 22.9. The van der Waals surface area contributed by atoms with Crippen LogP contribution in [0, 0.1) is 17.3 Å². The van der Waals surface area contributed by atoms with Gasteiger partial charge in [-0.05, 0) is 56.5 Å². The predicted octanol–water partition coefficient (Wildman–Crippen LogP) is 3.98. The Morgan fingerprint density at radius 3 is 2.58 bits per heavy atom. The molecule has 9 nitrogen and oxygen atoms in total. The van der Waals surface area contributed by atoms with E-state index in [9.17, 15) is 14.8 Å². The van der Waals surface area contributed by atoms with E-state index in [0.717, 1.165) is 37.6 Å². The molecule has 0 spiro atoms. The third-order valence-corrected chi connectivity index (χ3v) is 7.70. The number of hydrogen-bond donors (Lipinski definition) is 1. The van der Waals surface area contributed by atoms with E-state index in [1.54, 1.807) is 26.1 Å². The lowest BCUT2D eigenvalue weighted by Gasteiger charge is -2.56. The number of aryl methyl sites for hydroxylation is 1. The summed E-state index contributed by atoms with van der Waals surface area (Å²) in [6, 6.07) is 12.8. The molecule has 10 heteroatoms. The molecule has 0 radical (unpaired) electrons. The highest BCUT2D eigenvalue weighted by Gasteiger charge is 2.44. The van der Waals surface area contributed by atoms with Crippen LogP contribution in [0.1, 0.15) is 44.0 Å². The number of aromatic nitrogens is 4. The third-order valence-electron chi connectivity index (χ3n) is 7.70. The topological polar surface area (TPSA) is 103 Å². The number of piperazine rings is 1. The SMILES string of the molecule is CCc1ccc(CN2C3CC2CN(c2ccc(-c4cc(OCC(C)(C)O)cn5nc(F)c(C#N)c45)cn2)C3)cn1. The summed E-state index contributed by atoms with van der Waals surface area (Å²) < 4.78 is 21.6. The van der Waals surface area contributed by atoms with Gasteiger partial charge in [0.2, 0.25) is 0 Å². The van der Waals surface area contributed by atoms with Crippen LogP contribution in [0.5, 0.6) is 5.75 Å². The summed E-state index contributed by atoms with van der Waals surface area (Å²) >= 11 is 0. The molecule has 2 atom stereocenters. The molecular weight excluding hydrogens is 509 g/mol. The second-order valence-corrected chi connectivity index (χ2v) is 11.3. The Kier molecular flexibility index (Phi) is 6.64. The summed E-state index contributed by atoms with van der Waals surface area (Å²) in [6.45, 7) is 8.16. The van der Waals surface area contributed by atoms with Crippen molar-refractivity contribution < 1.29 is 14.2 Å². The average molecular weight is 542 g/mol. The Morgan fingerprint density at radius 2 is 1.95 bits per heavy atom. The molecule has 3 fully saturated rings. The summed E-state index contributed by atoms with van der Waals surface area (Å²) in [7, 11) is 0. The number of rotatable bonds is 8. The molecule has 7 heterocycles. The van der Waals surface area contributed by atoms with Gasteiger partial charge in [-0.15, -0.1) is 5.10 Å². The van der Waals surface area contributed by atoms with Gasteiger partial charge in [0.15, 0.2) is 0 Å². The van der Waals surface area contributed by atoms with Crippen LogP contribution in [0.2, 0.25) is 0 Å². The van der Waals surface area contributed by atoms with Crippen molar-refractivity contribution in [3.63, 3.8) is 0 Å². The number of fused-ring (bicyclic) bond motifs is 3. The van der Waals surface area contributed by atoms with Gasteiger partial charge in [0.25, 0.3) is 5.95 Å². The van der Waals surface area contributed by atoms with E-state index in [1.165, 1.54) is 22.7 Å². The van der Waals surface area contributed by atoms with Gasteiger partial charge in [-0.25, -0.2) is 9.50 Å². The first-order valence-electron chi connectivity index (χ1n) is 13.6. The Labute approximate surface area is 232 Å². The van der Waals surface area contributed by atoms with Crippen LogP contribution in [-0.4, -0.2) is 67.0 Å². The van der Waals surface area contributed by atoms with E-state index < -0.39 is 11.5 Å². The predicted molar refractivity (Wildman–Crippen MR) is 148 cm³/mol. The van der Waals surface area contributed by atoms with Crippen molar-refractivity contribution in [2.24, 2.45) is 0 Å². The summed E-state index contributed by atoms with van der Waals surface area (Å²) in [4.78, 5) is 14.2. The van der Waals surface area contributed by atoms with Crippen molar-refractivity contribution in [1.82, 2.24) is 24.5 Å². The fourth-order valence-electron chi connectivity index (χ4n) is 5.62. The molecule has 2 bridgehead atoms. The number of piperidine rings is 1. The minimum absolute atomic E-state index is 0.0405. The van der Waals surface area contributed by atoms with Crippen molar-refractivity contribution in [3.05, 3.63) is 71.7 Å². The van der Waals surface area contributed by atoms with E-state index in [1.807, 2.05) is 24.4 Å². The molecule has 0 amide bonds. The van der Waals surface area contributed by atoms with Gasteiger partial charge in [0, 0.05) is 60.9 Å². The third kappa shape index (κ3) is 4.98. The minimum atomic E-state index is -1.05. The van der Waals surface area contributed by atoms with Gasteiger partial charge in [-0.2, -0.15) is 9.65 Å². The molecule has 4 aromatic heterocycles. The number of aliphatic hydroxyl groups is 1. The van der Waals surface area contributed by atoms with E-state index in [4.69, 9.17) is 9.72 Å². The molecule has 3 saturated heterocycles. The Hall–Kier alpha value is -4.07. The minimum Gasteiger partial charge on any atom is -0.489 e. The van der Waals surface area contributed by atoms with E-state index in [0.29, 0.717) is 34.5 Å². The van der Waals surface area contributed by atoms with Gasteiger partial charge in [-0.1, -0.05) is 13.0 Å². The second kappa shape index (κ2) is 10.2.